The van der Waals surface area contributed by atoms with E-state index in [0.717, 1.165) is 21.5 Å². The highest BCUT2D eigenvalue weighted by Crippen LogP contribution is 2.29. The van der Waals surface area contributed by atoms with Crippen molar-refractivity contribution in [1.29, 1.82) is 0 Å². The molecule has 0 fully saturated rings. The molecule has 1 amide bonds. The van der Waals surface area contributed by atoms with E-state index in [1.165, 1.54) is 23.5 Å². The average Bonchev–Trinajstić information content (AvgIpc) is 2.94. The predicted molar refractivity (Wildman–Crippen MR) is 92.3 cm³/mol. The van der Waals surface area contributed by atoms with Gasteiger partial charge in [-0.15, -0.1) is 11.3 Å². The van der Waals surface area contributed by atoms with Crippen molar-refractivity contribution in [2.24, 2.45) is 0 Å². The van der Waals surface area contributed by atoms with Gasteiger partial charge in [-0.2, -0.15) is 0 Å². The number of benzene rings is 2. The number of nitrogens with zero attached hydrogens (tertiary/aromatic N) is 1. The van der Waals surface area contributed by atoms with Crippen LogP contribution in [0.2, 0.25) is 0 Å². The molecule has 0 saturated carbocycles. The van der Waals surface area contributed by atoms with Crippen LogP contribution in [0.15, 0.2) is 42.5 Å². The quantitative estimate of drug-likeness (QED) is 0.561. The molecule has 0 saturated heterocycles. The summed E-state index contributed by atoms with van der Waals surface area (Å²) in [6.45, 7) is 4.00. The molecule has 2 aromatic carbocycles. The maximum atomic E-state index is 12.4. The summed E-state index contributed by atoms with van der Waals surface area (Å²) in [5.74, 6) is -0.211. The minimum Gasteiger partial charge on any atom is -0.321 e. The molecule has 1 aromatic heterocycles. The van der Waals surface area contributed by atoms with Gasteiger partial charge in [-0.3, -0.25) is 14.9 Å². The normalized spacial score (nSPS) is 10.7. The van der Waals surface area contributed by atoms with Crippen LogP contribution in [-0.4, -0.2) is 10.8 Å². The first-order chi connectivity index (χ1) is 10.9. The van der Waals surface area contributed by atoms with Crippen molar-refractivity contribution < 1.29 is 9.72 Å². The van der Waals surface area contributed by atoms with E-state index >= 15 is 0 Å². The van der Waals surface area contributed by atoms with E-state index < -0.39 is 4.92 Å². The molecule has 3 aromatic rings. The third-order valence-electron chi connectivity index (χ3n) is 3.70. The van der Waals surface area contributed by atoms with E-state index in [0.29, 0.717) is 10.3 Å². The Morgan fingerprint density at radius 1 is 1.09 bits per heavy atom. The Morgan fingerprint density at radius 3 is 2.57 bits per heavy atom. The molecule has 3 rings (SSSR count). The summed E-state index contributed by atoms with van der Waals surface area (Å²) in [6, 6.07) is 12.0. The van der Waals surface area contributed by atoms with Crippen LogP contribution in [0.4, 0.5) is 11.4 Å². The number of carbonyl (C=O) groups is 1. The number of anilines is 1. The maximum absolute atomic E-state index is 12.4. The number of nitro benzene ring substituents is 1. The number of hydrogen-bond acceptors (Lipinski definition) is 4. The standard InChI is InChI=1S/C17H14N2O3S/c1-10-3-4-13(7-11(10)2)18-17(20)16-9-12-8-14(19(21)22)5-6-15(12)23-16/h3-9H,1-2H3,(H,18,20). The van der Waals surface area contributed by atoms with Crippen molar-refractivity contribution in [2.75, 3.05) is 5.32 Å². The Hall–Kier alpha value is -2.73. The van der Waals surface area contributed by atoms with Gasteiger partial charge in [0.1, 0.15) is 0 Å². The number of rotatable bonds is 3. The Morgan fingerprint density at radius 2 is 1.87 bits per heavy atom. The molecular formula is C17H14N2O3S. The first-order valence-electron chi connectivity index (χ1n) is 7.00. The fraction of sp³-hybridized carbons (Fsp3) is 0.118. The maximum Gasteiger partial charge on any atom is 0.270 e. The largest absolute Gasteiger partial charge is 0.321 e. The van der Waals surface area contributed by atoms with Crippen LogP contribution in [0.1, 0.15) is 20.8 Å². The van der Waals surface area contributed by atoms with Gasteiger partial charge in [0.15, 0.2) is 0 Å². The van der Waals surface area contributed by atoms with Crippen LogP contribution in [0.3, 0.4) is 0 Å². The summed E-state index contributed by atoms with van der Waals surface area (Å²) >= 11 is 1.32. The molecule has 0 spiro atoms. The summed E-state index contributed by atoms with van der Waals surface area (Å²) in [7, 11) is 0. The van der Waals surface area contributed by atoms with Crippen LogP contribution in [0.25, 0.3) is 10.1 Å². The van der Waals surface area contributed by atoms with Crippen molar-refractivity contribution in [3.8, 4) is 0 Å². The van der Waals surface area contributed by atoms with Crippen molar-refractivity contribution in [2.45, 2.75) is 13.8 Å². The van der Waals surface area contributed by atoms with E-state index in [-0.39, 0.29) is 11.6 Å². The van der Waals surface area contributed by atoms with Crippen molar-refractivity contribution >= 4 is 38.7 Å². The third kappa shape index (κ3) is 3.07. The smallest absolute Gasteiger partial charge is 0.270 e. The van der Waals surface area contributed by atoms with Gasteiger partial charge in [0.25, 0.3) is 11.6 Å². The highest BCUT2D eigenvalue weighted by Gasteiger charge is 2.13. The molecule has 0 radical (unpaired) electrons. The minimum absolute atomic E-state index is 0.0245. The summed E-state index contributed by atoms with van der Waals surface area (Å²) in [6.07, 6.45) is 0. The van der Waals surface area contributed by atoms with Gasteiger partial charge in [0.2, 0.25) is 0 Å². The number of amides is 1. The number of nitrogens with one attached hydrogen (secondary N) is 1. The Balaban J connectivity index is 1.88. The summed E-state index contributed by atoms with van der Waals surface area (Å²) < 4.78 is 0.848. The Labute approximate surface area is 136 Å². The topological polar surface area (TPSA) is 72.2 Å². The first-order valence-corrected chi connectivity index (χ1v) is 7.82. The fourth-order valence-electron chi connectivity index (χ4n) is 2.27. The lowest BCUT2D eigenvalue weighted by atomic mass is 10.1. The molecule has 0 aliphatic carbocycles. The van der Waals surface area contributed by atoms with Crippen LogP contribution in [0.5, 0.6) is 0 Å². The van der Waals surface area contributed by atoms with E-state index in [9.17, 15) is 14.9 Å². The molecule has 0 aliphatic rings. The van der Waals surface area contributed by atoms with Crippen molar-refractivity contribution in [1.82, 2.24) is 0 Å². The number of carbonyl (C=O) groups excluding carboxylic acids is 1. The number of fused-ring (bicyclic) bond motifs is 1. The second-order valence-corrected chi connectivity index (χ2v) is 6.43. The summed E-state index contributed by atoms with van der Waals surface area (Å²) in [5.41, 5.74) is 3.03. The van der Waals surface area contributed by atoms with Gasteiger partial charge < -0.3 is 5.32 Å². The number of aryl methyl sites for hydroxylation is 2. The summed E-state index contributed by atoms with van der Waals surface area (Å²) in [5, 5.41) is 14.4. The van der Waals surface area contributed by atoms with Gasteiger partial charge in [-0.05, 0) is 49.2 Å². The molecule has 116 valence electrons. The number of nitro groups is 1. The zero-order chi connectivity index (χ0) is 16.6. The van der Waals surface area contributed by atoms with Gasteiger partial charge >= 0.3 is 0 Å². The van der Waals surface area contributed by atoms with Crippen LogP contribution >= 0.6 is 11.3 Å². The molecular weight excluding hydrogens is 312 g/mol. The van der Waals surface area contributed by atoms with Gasteiger partial charge in [0, 0.05) is 27.9 Å². The predicted octanol–water partition coefficient (Wildman–Crippen LogP) is 4.68. The zero-order valence-electron chi connectivity index (χ0n) is 12.6. The molecule has 0 aliphatic heterocycles. The van der Waals surface area contributed by atoms with Gasteiger partial charge in [0.05, 0.1) is 9.80 Å². The van der Waals surface area contributed by atoms with Crippen LogP contribution in [0, 0.1) is 24.0 Å². The SMILES string of the molecule is Cc1ccc(NC(=O)c2cc3cc([N+](=O)[O-])ccc3s2)cc1C. The average molecular weight is 326 g/mol. The molecule has 0 bridgehead atoms. The number of hydrogen-bond donors (Lipinski definition) is 1. The third-order valence-corrected chi connectivity index (χ3v) is 4.81. The second kappa shape index (κ2) is 5.81. The second-order valence-electron chi connectivity index (χ2n) is 5.34. The van der Waals surface area contributed by atoms with Gasteiger partial charge in [-0.25, -0.2) is 0 Å². The number of non-ortho nitro benzene ring substituents is 1. The minimum atomic E-state index is -0.439. The summed E-state index contributed by atoms with van der Waals surface area (Å²) in [4.78, 5) is 23.3. The number of thiophene rings is 1. The molecule has 5 nitrogen and oxygen atoms in total. The zero-order valence-corrected chi connectivity index (χ0v) is 13.4. The molecule has 0 atom stereocenters. The van der Waals surface area contributed by atoms with E-state index in [2.05, 4.69) is 5.32 Å². The van der Waals surface area contributed by atoms with Gasteiger partial charge in [-0.1, -0.05) is 6.07 Å². The molecule has 6 heteroatoms. The van der Waals surface area contributed by atoms with Crippen molar-refractivity contribution in [3.05, 3.63) is 68.6 Å². The molecule has 1 heterocycles. The molecule has 1 N–H and O–H groups in total. The van der Waals surface area contributed by atoms with Crippen molar-refractivity contribution in [3.63, 3.8) is 0 Å². The highest BCUT2D eigenvalue weighted by atomic mass is 32.1. The lowest BCUT2D eigenvalue weighted by molar-refractivity contribution is -0.384. The van der Waals surface area contributed by atoms with Crippen LogP contribution < -0.4 is 5.32 Å². The lowest BCUT2D eigenvalue weighted by Gasteiger charge is -2.06. The molecule has 23 heavy (non-hydrogen) atoms. The Kier molecular flexibility index (Phi) is 3.83. The monoisotopic (exact) mass is 326 g/mol. The van der Waals surface area contributed by atoms with E-state index in [1.807, 2.05) is 32.0 Å². The highest BCUT2D eigenvalue weighted by molar-refractivity contribution is 7.20. The van der Waals surface area contributed by atoms with E-state index in [4.69, 9.17) is 0 Å². The van der Waals surface area contributed by atoms with Crippen LogP contribution in [-0.2, 0) is 0 Å². The fourth-order valence-corrected chi connectivity index (χ4v) is 3.21. The lowest BCUT2D eigenvalue weighted by Crippen LogP contribution is -2.10. The molecule has 0 unspecified atom stereocenters. The first kappa shape index (κ1) is 15.2. The van der Waals surface area contributed by atoms with E-state index in [1.54, 1.807) is 12.1 Å². The Bertz CT molecular complexity index is 931.